The number of hydrogen-bond acceptors (Lipinski definition) is 4. The number of benzene rings is 1. The van der Waals surface area contributed by atoms with E-state index in [2.05, 4.69) is 9.82 Å². The van der Waals surface area contributed by atoms with Crippen LogP contribution in [-0.2, 0) is 23.6 Å². The van der Waals surface area contributed by atoms with Gasteiger partial charge >= 0.3 is 0 Å². The van der Waals surface area contributed by atoms with Gasteiger partial charge in [-0.3, -0.25) is 9.40 Å². The maximum Gasteiger partial charge on any atom is 0.263 e. The smallest absolute Gasteiger partial charge is 0.263 e. The van der Waals surface area contributed by atoms with Gasteiger partial charge < -0.3 is 5.73 Å². The highest BCUT2D eigenvalue weighted by Crippen LogP contribution is 2.18. The van der Waals surface area contributed by atoms with Crippen LogP contribution in [0.3, 0.4) is 0 Å². The summed E-state index contributed by atoms with van der Waals surface area (Å²) < 4.78 is 28.4. The lowest BCUT2D eigenvalue weighted by Crippen LogP contribution is -2.15. The first kappa shape index (κ1) is 13.6. The fourth-order valence-corrected chi connectivity index (χ4v) is 2.88. The molecular weight excluding hydrogens is 264 g/mol. The molecule has 0 saturated carbocycles. The SMILES string of the molecule is Cc1cccc(S(=O)(=O)Nc2nn(C)cc2CN)c1. The van der Waals surface area contributed by atoms with Gasteiger partial charge in [0, 0.05) is 25.4 Å². The monoisotopic (exact) mass is 280 g/mol. The predicted octanol–water partition coefficient (Wildman–Crippen LogP) is 0.988. The van der Waals surface area contributed by atoms with Crippen LogP contribution in [-0.4, -0.2) is 18.2 Å². The highest BCUT2D eigenvalue weighted by Gasteiger charge is 2.17. The van der Waals surface area contributed by atoms with Crippen molar-refractivity contribution in [3.8, 4) is 0 Å². The number of nitrogens with one attached hydrogen (secondary N) is 1. The molecule has 0 aliphatic heterocycles. The lowest BCUT2D eigenvalue weighted by molar-refractivity contribution is 0.600. The van der Waals surface area contributed by atoms with Gasteiger partial charge in [0.05, 0.1) is 4.90 Å². The van der Waals surface area contributed by atoms with Crippen molar-refractivity contribution < 1.29 is 8.42 Å². The quantitative estimate of drug-likeness (QED) is 0.873. The van der Waals surface area contributed by atoms with Crippen LogP contribution < -0.4 is 10.5 Å². The van der Waals surface area contributed by atoms with Crippen LogP contribution in [0.25, 0.3) is 0 Å². The van der Waals surface area contributed by atoms with E-state index in [4.69, 9.17) is 5.73 Å². The van der Waals surface area contributed by atoms with Crippen molar-refractivity contribution in [3.63, 3.8) is 0 Å². The molecule has 0 fully saturated rings. The summed E-state index contributed by atoms with van der Waals surface area (Å²) in [7, 11) is -1.92. The highest BCUT2D eigenvalue weighted by molar-refractivity contribution is 7.92. The number of hydrogen-bond donors (Lipinski definition) is 2. The molecular formula is C12H16N4O2S. The summed E-state index contributed by atoms with van der Waals surface area (Å²) in [5, 5.41) is 4.06. The molecule has 102 valence electrons. The third kappa shape index (κ3) is 2.94. The Labute approximate surface area is 112 Å². The maximum atomic E-state index is 12.2. The number of nitrogens with zero attached hydrogens (tertiary/aromatic N) is 2. The van der Waals surface area contributed by atoms with Gasteiger partial charge in [-0.05, 0) is 24.6 Å². The lowest BCUT2D eigenvalue weighted by Gasteiger charge is -2.07. The first-order chi connectivity index (χ1) is 8.92. The van der Waals surface area contributed by atoms with Crippen LogP contribution in [0, 0.1) is 6.92 Å². The van der Waals surface area contributed by atoms with Crippen molar-refractivity contribution >= 4 is 15.8 Å². The summed E-state index contributed by atoms with van der Waals surface area (Å²) >= 11 is 0. The normalized spacial score (nSPS) is 11.5. The summed E-state index contributed by atoms with van der Waals surface area (Å²) in [5.74, 6) is 0.270. The molecule has 0 atom stereocenters. The first-order valence-corrected chi connectivity index (χ1v) is 7.23. The minimum atomic E-state index is -3.64. The number of sulfonamides is 1. The predicted molar refractivity (Wildman–Crippen MR) is 73.1 cm³/mol. The highest BCUT2D eigenvalue weighted by atomic mass is 32.2. The van der Waals surface area contributed by atoms with Crippen LogP contribution in [0.4, 0.5) is 5.82 Å². The second-order valence-electron chi connectivity index (χ2n) is 4.30. The molecule has 0 aliphatic carbocycles. The molecule has 7 heteroatoms. The Morgan fingerprint density at radius 3 is 2.79 bits per heavy atom. The van der Waals surface area contributed by atoms with Gasteiger partial charge in [0.1, 0.15) is 0 Å². The van der Waals surface area contributed by atoms with Crippen LogP contribution in [0.5, 0.6) is 0 Å². The molecule has 2 aromatic rings. The molecule has 0 aliphatic rings. The zero-order valence-corrected chi connectivity index (χ0v) is 11.6. The van der Waals surface area contributed by atoms with Crippen molar-refractivity contribution in [1.82, 2.24) is 9.78 Å². The van der Waals surface area contributed by atoms with E-state index < -0.39 is 10.0 Å². The fourth-order valence-electron chi connectivity index (χ4n) is 1.74. The van der Waals surface area contributed by atoms with Crippen molar-refractivity contribution in [1.29, 1.82) is 0 Å². The van der Waals surface area contributed by atoms with Gasteiger partial charge in [-0.1, -0.05) is 12.1 Å². The molecule has 1 aromatic carbocycles. The molecule has 0 saturated heterocycles. The van der Waals surface area contributed by atoms with Crippen LogP contribution in [0.1, 0.15) is 11.1 Å². The molecule has 0 amide bonds. The van der Waals surface area contributed by atoms with Crippen molar-refractivity contribution in [3.05, 3.63) is 41.6 Å². The van der Waals surface area contributed by atoms with Crippen molar-refractivity contribution in [2.24, 2.45) is 12.8 Å². The Bertz CT molecular complexity index is 692. The summed E-state index contributed by atoms with van der Waals surface area (Å²) in [6.07, 6.45) is 1.69. The standard InChI is InChI=1S/C12H16N4O2S/c1-9-4-3-5-11(6-9)19(17,18)15-12-10(7-13)8-16(2)14-12/h3-6,8H,7,13H2,1-2H3,(H,14,15). The van der Waals surface area contributed by atoms with E-state index in [1.54, 1.807) is 31.4 Å². The van der Waals surface area contributed by atoms with Crippen LogP contribution >= 0.6 is 0 Å². The summed E-state index contributed by atoms with van der Waals surface area (Å²) in [6, 6.07) is 6.69. The Kier molecular flexibility index (Phi) is 3.59. The zero-order valence-electron chi connectivity index (χ0n) is 10.8. The molecule has 19 heavy (non-hydrogen) atoms. The lowest BCUT2D eigenvalue weighted by atomic mass is 10.2. The minimum absolute atomic E-state index is 0.209. The van der Waals surface area contributed by atoms with Gasteiger partial charge in [-0.25, -0.2) is 8.42 Å². The van der Waals surface area contributed by atoms with E-state index in [-0.39, 0.29) is 17.3 Å². The maximum absolute atomic E-state index is 12.2. The fraction of sp³-hybridized carbons (Fsp3) is 0.250. The van der Waals surface area contributed by atoms with E-state index in [9.17, 15) is 8.42 Å². The molecule has 0 unspecified atom stereocenters. The zero-order chi connectivity index (χ0) is 14.0. The van der Waals surface area contributed by atoms with Crippen LogP contribution in [0.2, 0.25) is 0 Å². The van der Waals surface area contributed by atoms with E-state index in [1.165, 1.54) is 4.68 Å². The van der Waals surface area contributed by atoms with Gasteiger partial charge in [0.15, 0.2) is 5.82 Å². The topological polar surface area (TPSA) is 90.0 Å². The number of anilines is 1. The van der Waals surface area contributed by atoms with Gasteiger partial charge in [0.2, 0.25) is 0 Å². The molecule has 2 rings (SSSR count). The summed E-state index contributed by atoms with van der Waals surface area (Å²) in [5.41, 5.74) is 7.09. The molecule has 0 bridgehead atoms. The largest absolute Gasteiger partial charge is 0.326 e. The first-order valence-electron chi connectivity index (χ1n) is 5.74. The molecule has 0 spiro atoms. The van der Waals surface area contributed by atoms with Crippen molar-refractivity contribution in [2.75, 3.05) is 4.72 Å². The molecule has 1 heterocycles. The number of aryl methyl sites for hydroxylation is 2. The third-order valence-corrected chi connectivity index (χ3v) is 3.99. The third-order valence-electron chi connectivity index (χ3n) is 2.66. The van der Waals surface area contributed by atoms with Gasteiger partial charge in [0.25, 0.3) is 10.0 Å². The second-order valence-corrected chi connectivity index (χ2v) is 5.99. The van der Waals surface area contributed by atoms with Crippen molar-refractivity contribution in [2.45, 2.75) is 18.4 Å². The number of nitrogens with two attached hydrogens (primary N) is 1. The number of aromatic nitrogens is 2. The average Bonchev–Trinajstić information content (AvgIpc) is 2.68. The number of rotatable bonds is 4. The Morgan fingerprint density at radius 2 is 2.16 bits per heavy atom. The summed E-state index contributed by atoms with van der Waals surface area (Å²) in [6.45, 7) is 2.06. The van der Waals surface area contributed by atoms with E-state index in [0.29, 0.717) is 5.56 Å². The van der Waals surface area contributed by atoms with E-state index in [1.807, 2.05) is 13.0 Å². The van der Waals surface area contributed by atoms with E-state index >= 15 is 0 Å². The minimum Gasteiger partial charge on any atom is -0.326 e. The molecule has 6 nitrogen and oxygen atoms in total. The molecule has 1 aromatic heterocycles. The van der Waals surface area contributed by atoms with E-state index in [0.717, 1.165) is 5.56 Å². The molecule has 3 N–H and O–H groups in total. The Balaban J connectivity index is 2.36. The molecule has 0 radical (unpaired) electrons. The average molecular weight is 280 g/mol. The van der Waals surface area contributed by atoms with Crippen LogP contribution in [0.15, 0.2) is 35.4 Å². The summed E-state index contributed by atoms with van der Waals surface area (Å²) in [4.78, 5) is 0.209. The van der Waals surface area contributed by atoms with Gasteiger partial charge in [-0.15, -0.1) is 0 Å². The second kappa shape index (κ2) is 5.02. The van der Waals surface area contributed by atoms with Gasteiger partial charge in [-0.2, -0.15) is 5.10 Å². The Morgan fingerprint density at radius 1 is 1.42 bits per heavy atom. The Hall–Kier alpha value is -1.86.